The van der Waals surface area contributed by atoms with Crippen LogP contribution in [0.2, 0.25) is 0 Å². The summed E-state index contributed by atoms with van der Waals surface area (Å²) in [4.78, 5) is 12.8. The Kier molecular flexibility index (Phi) is 4.20. The van der Waals surface area contributed by atoms with E-state index in [4.69, 9.17) is 9.26 Å². The quantitative estimate of drug-likeness (QED) is 0.779. The van der Waals surface area contributed by atoms with Crippen molar-refractivity contribution in [2.24, 2.45) is 0 Å². The van der Waals surface area contributed by atoms with Crippen molar-refractivity contribution in [3.63, 3.8) is 0 Å². The number of hydrogen-bond acceptors (Lipinski definition) is 5. The van der Waals surface area contributed by atoms with Gasteiger partial charge in [0, 0.05) is 6.07 Å². The molecule has 0 bridgehead atoms. The standard InChI is InChI=1S/C16H14N2O3S/c1-11-4-2-5-12(8-11)20-10-15(19)17-16-9-13(18-21-16)14-6-3-7-22-14/h2-9H,10H2,1H3,(H,17,19). The Morgan fingerprint density at radius 2 is 2.23 bits per heavy atom. The molecule has 0 atom stereocenters. The van der Waals surface area contributed by atoms with Gasteiger partial charge >= 0.3 is 0 Å². The van der Waals surface area contributed by atoms with Gasteiger partial charge in [0.1, 0.15) is 11.4 Å². The number of carbonyl (C=O) groups is 1. The summed E-state index contributed by atoms with van der Waals surface area (Å²) in [6.45, 7) is 1.88. The summed E-state index contributed by atoms with van der Waals surface area (Å²) in [5, 5.41) is 8.50. The highest BCUT2D eigenvalue weighted by Gasteiger charge is 2.10. The Bertz CT molecular complexity index is 765. The zero-order valence-electron chi connectivity index (χ0n) is 11.9. The van der Waals surface area contributed by atoms with Gasteiger partial charge in [-0.15, -0.1) is 11.3 Å². The van der Waals surface area contributed by atoms with E-state index < -0.39 is 0 Å². The van der Waals surface area contributed by atoms with E-state index in [0.717, 1.165) is 10.4 Å². The van der Waals surface area contributed by atoms with Crippen molar-refractivity contribution >= 4 is 23.1 Å². The first-order valence-electron chi connectivity index (χ1n) is 6.70. The van der Waals surface area contributed by atoms with Crippen LogP contribution < -0.4 is 10.1 Å². The summed E-state index contributed by atoms with van der Waals surface area (Å²) < 4.78 is 10.5. The molecule has 1 amide bonds. The van der Waals surface area contributed by atoms with Gasteiger partial charge in [0.25, 0.3) is 5.91 Å². The van der Waals surface area contributed by atoms with Crippen LogP contribution in [-0.2, 0) is 4.79 Å². The van der Waals surface area contributed by atoms with E-state index in [0.29, 0.717) is 17.3 Å². The summed E-state index contributed by atoms with van der Waals surface area (Å²) in [6, 6.07) is 13.1. The number of amides is 1. The monoisotopic (exact) mass is 314 g/mol. The number of nitrogens with zero attached hydrogens (tertiary/aromatic N) is 1. The number of benzene rings is 1. The fraction of sp³-hybridized carbons (Fsp3) is 0.125. The van der Waals surface area contributed by atoms with Crippen molar-refractivity contribution in [1.82, 2.24) is 5.16 Å². The average Bonchev–Trinajstić information content (AvgIpc) is 3.16. The van der Waals surface area contributed by atoms with Gasteiger partial charge in [-0.2, -0.15) is 0 Å². The van der Waals surface area contributed by atoms with E-state index in [1.54, 1.807) is 17.4 Å². The van der Waals surface area contributed by atoms with E-state index in [1.165, 1.54) is 0 Å². The molecule has 3 rings (SSSR count). The normalized spacial score (nSPS) is 10.4. The Balaban J connectivity index is 1.56. The maximum atomic E-state index is 11.8. The molecule has 3 aromatic rings. The van der Waals surface area contributed by atoms with E-state index >= 15 is 0 Å². The molecular formula is C16H14N2O3S. The van der Waals surface area contributed by atoms with Crippen LogP contribution in [0.3, 0.4) is 0 Å². The number of aromatic nitrogens is 1. The van der Waals surface area contributed by atoms with Crippen molar-refractivity contribution in [1.29, 1.82) is 0 Å². The van der Waals surface area contributed by atoms with Crippen molar-refractivity contribution < 1.29 is 14.1 Å². The number of anilines is 1. The Morgan fingerprint density at radius 3 is 3.00 bits per heavy atom. The minimum atomic E-state index is -0.296. The van der Waals surface area contributed by atoms with Crippen LogP contribution in [0.1, 0.15) is 5.56 Å². The Morgan fingerprint density at radius 1 is 1.32 bits per heavy atom. The molecule has 0 saturated heterocycles. The molecule has 0 spiro atoms. The summed E-state index contributed by atoms with van der Waals surface area (Å²) in [5.74, 6) is 0.670. The van der Waals surface area contributed by atoms with Gasteiger partial charge < -0.3 is 9.26 Å². The molecule has 0 saturated carbocycles. The second-order valence-electron chi connectivity index (χ2n) is 4.71. The van der Waals surface area contributed by atoms with Gasteiger partial charge in [0.05, 0.1) is 4.88 Å². The van der Waals surface area contributed by atoms with Crippen LogP contribution in [0.5, 0.6) is 5.75 Å². The number of rotatable bonds is 5. The first-order chi connectivity index (χ1) is 10.7. The van der Waals surface area contributed by atoms with Crippen molar-refractivity contribution in [2.75, 3.05) is 11.9 Å². The highest BCUT2D eigenvalue weighted by Crippen LogP contribution is 2.25. The third kappa shape index (κ3) is 3.53. The summed E-state index contributed by atoms with van der Waals surface area (Å²) in [7, 11) is 0. The van der Waals surface area contributed by atoms with Crippen LogP contribution in [0.4, 0.5) is 5.88 Å². The molecule has 2 heterocycles. The molecule has 6 heteroatoms. The Labute approximate surface area is 131 Å². The largest absolute Gasteiger partial charge is 0.484 e. The van der Waals surface area contributed by atoms with Gasteiger partial charge in [0.15, 0.2) is 6.61 Å². The molecule has 112 valence electrons. The van der Waals surface area contributed by atoms with Gasteiger partial charge in [-0.25, -0.2) is 0 Å². The number of hydrogen-bond donors (Lipinski definition) is 1. The predicted octanol–water partition coefficient (Wildman–Crippen LogP) is 3.73. The van der Waals surface area contributed by atoms with Gasteiger partial charge in [-0.1, -0.05) is 23.4 Å². The fourth-order valence-electron chi connectivity index (χ4n) is 1.90. The maximum absolute atomic E-state index is 11.8. The minimum absolute atomic E-state index is 0.0848. The maximum Gasteiger partial charge on any atom is 0.264 e. The predicted molar refractivity (Wildman–Crippen MR) is 85.1 cm³/mol. The van der Waals surface area contributed by atoms with Gasteiger partial charge in [-0.3, -0.25) is 10.1 Å². The number of thiophene rings is 1. The lowest BCUT2D eigenvalue weighted by Crippen LogP contribution is -2.19. The lowest BCUT2D eigenvalue weighted by Gasteiger charge is -2.05. The molecule has 22 heavy (non-hydrogen) atoms. The minimum Gasteiger partial charge on any atom is -0.484 e. The van der Waals surface area contributed by atoms with Crippen LogP contribution >= 0.6 is 11.3 Å². The van der Waals surface area contributed by atoms with Crippen LogP contribution in [0.15, 0.2) is 52.4 Å². The smallest absolute Gasteiger partial charge is 0.264 e. The van der Waals surface area contributed by atoms with Gasteiger partial charge in [-0.05, 0) is 36.1 Å². The Hall–Kier alpha value is -2.60. The molecule has 0 aliphatic carbocycles. The molecule has 1 aromatic carbocycles. The fourth-order valence-corrected chi connectivity index (χ4v) is 2.58. The lowest BCUT2D eigenvalue weighted by molar-refractivity contribution is -0.118. The third-order valence-electron chi connectivity index (χ3n) is 2.91. The highest BCUT2D eigenvalue weighted by molar-refractivity contribution is 7.13. The van der Waals surface area contributed by atoms with Crippen LogP contribution in [0, 0.1) is 6.92 Å². The highest BCUT2D eigenvalue weighted by atomic mass is 32.1. The summed E-state index contributed by atoms with van der Waals surface area (Å²) in [6.07, 6.45) is 0. The zero-order valence-corrected chi connectivity index (χ0v) is 12.7. The number of ether oxygens (including phenoxy) is 1. The van der Waals surface area contributed by atoms with E-state index in [-0.39, 0.29) is 12.5 Å². The number of carbonyl (C=O) groups excluding carboxylic acids is 1. The molecule has 2 aromatic heterocycles. The van der Waals surface area contributed by atoms with Crippen molar-refractivity contribution in [2.45, 2.75) is 6.92 Å². The molecule has 0 aliphatic rings. The number of aryl methyl sites for hydroxylation is 1. The topological polar surface area (TPSA) is 64.4 Å². The second kappa shape index (κ2) is 6.44. The first kappa shape index (κ1) is 14.3. The molecule has 0 radical (unpaired) electrons. The molecular weight excluding hydrogens is 300 g/mol. The third-order valence-corrected chi connectivity index (χ3v) is 3.80. The SMILES string of the molecule is Cc1cccc(OCC(=O)Nc2cc(-c3cccs3)no2)c1. The zero-order chi connectivity index (χ0) is 15.4. The molecule has 5 nitrogen and oxygen atoms in total. The van der Waals surface area contributed by atoms with E-state index in [1.807, 2.05) is 48.7 Å². The van der Waals surface area contributed by atoms with E-state index in [2.05, 4.69) is 10.5 Å². The molecule has 0 fully saturated rings. The van der Waals surface area contributed by atoms with Crippen molar-refractivity contribution in [3.8, 4) is 16.3 Å². The second-order valence-corrected chi connectivity index (χ2v) is 5.65. The van der Waals surface area contributed by atoms with Crippen molar-refractivity contribution in [3.05, 3.63) is 53.4 Å². The summed E-state index contributed by atoms with van der Waals surface area (Å²) in [5.41, 5.74) is 1.78. The van der Waals surface area contributed by atoms with Crippen LogP contribution in [0.25, 0.3) is 10.6 Å². The molecule has 0 unspecified atom stereocenters. The summed E-state index contributed by atoms with van der Waals surface area (Å²) >= 11 is 1.56. The first-order valence-corrected chi connectivity index (χ1v) is 7.58. The lowest BCUT2D eigenvalue weighted by atomic mass is 10.2. The van der Waals surface area contributed by atoms with Crippen LogP contribution in [-0.4, -0.2) is 17.7 Å². The molecule has 0 aliphatic heterocycles. The van der Waals surface area contributed by atoms with Gasteiger partial charge in [0.2, 0.25) is 5.88 Å². The average molecular weight is 314 g/mol. The molecule has 1 N–H and O–H groups in total. The number of nitrogens with one attached hydrogen (secondary N) is 1. The van der Waals surface area contributed by atoms with E-state index in [9.17, 15) is 4.79 Å².